The molecule has 1 saturated heterocycles. The minimum Gasteiger partial charge on any atom is -0.478 e. The van der Waals surface area contributed by atoms with E-state index in [9.17, 15) is 18.8 Å². The second-order valence-electron chi connectivity index (χ2n) is 7.48. The Hall–Kier alpha value is -3.36. The number of amides is 2. The number of carbonyl (C=O) groups excluding carboxylic acids is 2. The molecule has 1 N–H and O–H groups in total. The van der Waals surface area contributed by atoms with Crippen molar-refractivity contribution in [2.75, 3.05) is 0 Å². The molecule has 0 atom stereocenters. The number of rotatable bonds is 5. The molecule has 0 saturated carbocycles. The highest BCUT2D eigenvalue weighted by molar-refractivity contribution is 8.18. The molecule has 2 heterocycles. The van der Waals surface area contributed by atoms with Gasteiger partial charge in [0.05, 0.1) is 17.0 Å². The van der Waals surface area contributed by atoms with Crippen molar-refractivity contribution in [3.05, 3.63) is 92.4 Å². The van der Waals surface area contributed by atoms with E-state index in [0.29, 0.717) is 0 Å². The summed E-state index contributed by atoms with van der Waals surface area (Å²) in [6.45, 7) is 3.51. The van der Waals surface area contributed by atoms with Crippen LogP contribution in [0.25, 0.3) is 11.8 Å². The summed E-state index contributed by atoms with van der Waals surface area (Å²) in [6, 6.07) is 12.5. The Morgan fingerprint density at radius 2 is 1.85 bits per heavy atom. The van der Waals surface area contributed by atoms with Crippen molar-refractivity contribution < 1.29 is 23.9 Å². The lowest BCUT2D eigenvalue weighted by Gasteiger charge is -2.14. The van der Waals surface area contributed by atoms with E-state index in [1.165, 1.54) is 30.3 Å². The molecule has 33 heavy (non-hydrogen) atoms. The van der Waals surface area contributed by atoms with E-state index in [4.69, 9.17) is 16.7 Å². The van der Waals surface area contributed by atoms with Crippen LogP contribution in [0.1, 0.15) is 32.9 Å². The SMILES string of the molecule is Cc1cc(/C=C2\SC(=O)N(Cc3c(F)cccc3Cl)C2=O)c(C)n1-c1ccc(C(=O)O)cc1. The predicted molar refractivity (Wildman–Crippen MR) is 125 cm³/mol. The molecule has 6 nitrogen and oxygen atoms in total. The molecule has 168 valence electrons. The predicted octanol–water partition coefficient (Wildman–Crippen LogP) is 5.82. The van der Waals surface area contributed by atoms with Gasteiger partial charge in [-0.3, -0.25) is 14.5 Å². The summed E-state index contributed by atoms with van der Waals surface area (Å²) >= 11 is 6.84. The topological polar surface area (TPSA) is 79.6 Å². The zero-order valence-corrected chi connectivity index (χ0v) is 19.2. The number of thioether (sulfide) groups is 1. The Kier molecular flexibility index (Phi) is 6.14. The van der Waals surface area contributed by atoms with Crippen molar-refractivity contribution in [1.29, 1.82) is 0 Å². The van der Waals surface area contributed by atoms with Crippen LogP contribution < -0.4 is 0 Å². The molecule has 2 aromatic carbocycles. The Morgan fingerprint density at radius 3 is 2.48 bits per heavy atom. The van der Waals surface area contributed by atoms with Gasteiger partial charge in [0.1, 0.15) is 5.82 Å². The standard InChI is InChI=1S/C24H18ClFN2O4S/c1-13-10-16(14(2)28(13)17-8-6-15(7-9-17)23(30)31)11-21-22(29)27(24(32)33-21)12-18-19(25)4-3-5-20(18)26/h3-11H,12H2,1-2H3,(H,30,31)/b21-11-. The molecule has 4 rings (SSSR count). The molecule has 0 bridgehead atoms. The molecule has 0 spiro atoms. The maximum atomic E-state index is 14.1. The second kappa shape index (κ2) is 8.88. The summed E-state index contributed by atoms with van der Waals surface area (Å²) in [5, 5.41) is 8.75. The Bertz CT molecular complexity index is 1310. The third-order valence-electron chi connectivity index (χ3n) is 5.38. The van der Waals surface area contributed by atoms with Crippen LogP contribution in [0.5, 0.6) is 0 Å². The first-order valence-corrected chi connectivity index (χ1v) is 11.1. The van der Waals surface area contributed by atoms with Crippen LogP contribution in [0.2, 0.25) is 5.02 Å². The number of imide groups is 1. The summed E-state index contributed by atoms with van der Waals surface area (Å²) in [7, 11) is 0. The van der Waals surface area contributed by atoms with E-state index in [-0.39, 0.29) is 27.6 Å². The molecule has 2 amide bonds. The first kappa shape index (κ1) is 22.8. The van der Waals surface area contributed by atoms with Gasteiger partial charge in [-0.15, -0.1) is 0 Å². The average Bonchev–Trinajstić information content (AvgIpc) is 3.19. The van der Waals surface area contributed by atoms with Crippen LogP contribution in [-0.4, -0.2) is 31.7 Å². The fourth-order valence-corrected chi connectivity index (χ4v) is 4.76. The maximum absolute atomic E-state index is 14.1. The Labute approximate surface area is 198 Å². The van der Waals surface area contributed by atoms with Crippen LogP contribution in [0.3, 0.4) is 0 Å². The highest BCUT2D eigenvalue weighted by Gasteiger charge is 2.36. The van der Waals surface area contributed by atoms with E-state index < -0.39 is 22.9 Å². The average molecular weight is 485 g/mol. The summed E-state index contributed by atoms with van der Waals surface area (Å²) < 4.78 is 16.1. The molecule has 0 radical (unpaired) electrons. The molecule has 0 aliphatic carbocycles. The van der Waals surface area contributed by atoms with Gasteiger partial charge in [0, 0.05) is 27.7 Å². The third kappa shape index (κ3) is 4.31. The van der Waals surface area contributed by atoms with Gasteiger partial charge in [-0.05, 0) is 79.7 Å². The number of hydrogen-bond donors (Lipinski definition) is 1. The largest absolute Gasteiger partial charge is 0.478 e. The Balaban J connectivity index is 1.63. The zero-order chi connectivity index (χ0) is 23.9. The summed E-state index contributed by atoms with van der Waals surface area (Å²) in [6.07, 6.45) is 1.64. The van der Waals surface area contributed by atoms with Crippen molar-refractivity contribution in [3.63, 3.8) is 0 Å². The van der Waals surface area contributed by atoms with Gasteiger partial charge < -0.3 is 9.67 Å². The molecule has 3 aromatic rings. The lowest BCUT2D eigenvalue weighted by molar-refractivity contribution is -0.123. The van der Waals surface area contributed by atoms with Gasteiger partial charge in [-0.2, -0.15) is 0 Å². The molecule has 1 aromatic heterocycles. The Morgan fingerprint density at radius 1 is 1.15 bits per heavy atom. The summed E-state index contributed by atoms with van der Waals surface area (Å²) in [5.74, 6) is -2.10. The maximum Gasteiger partial charge on any atom is 0.335 e. The van der Waals surface area contributed by atoms with Crippen molar-refractivity contribution in [3.8, 4) is 5.69 Å². The summed E-state index contributed by atoms with van der Waals surface area (Å²) in [5.41, 5.74) is 3.48. The van der Waals surface area contributed by atoms with Crippen LogP contribution in [0.15, 0.2) is 53.4 Å². The van der Waals surface area contributed by atoms with Crippen LogP contribution >= 0.6 is 23.4 Å². The normalized spacial score (nSPS) is 15.0. The van der Waals surface area contributed by atoms with Crippen LogP contribution in [0.4, 0.5) is 9.18 Å². The van der Waals surface area contributed by atoms with Crippen molar-refractivity contribution in [1.82, 2.24) is 9.47 Å². The van der Waals surface area contributed by atoms with Crippen LogP contribution in [-0.2, 0) is 11.3 Å². The van der Waals surface area contributed by atoms with Gasteiger partial charge >= 0.3 is 5.97 Å². The minimum atomic E-state index is -1.00. The second-order valence-corrected chi connectivity index (χ2v) is 8.88. The smallest absolute Gasteiger partial charge is 0.335 e. The first-order chi connectivity index (χ1) is 15.7. The lowest BCUT2D eigenvalue weighted by atomic mass is 10.2. The van der Waals surface area contributed by atoms with E-state index in [1.807, 2.05) is 24.5 Å². The number of nitrogens with zero attached hydrogens (tertiary/aromatic N) is 2. The number of carboxylic acids is 1. The van der Waals surface area contributed by atoms with Gasteiger partial charge in [0.2, 0.25) is 0 Å². The third-order valence-corrected chi connectivity index (χ3v) is 6.64. The molecule has 0 unspecified atom stereocenters. The van der Waals surface area contributed by atoms with Crippen molar-refractivity contribution >= 4 is 46.6 Å². The molecule has 9 heteroatoms. The van der Waals surface area contributed by atoms with Gasteiger partial charge in [0.25, 0.3) is 11.1 Å². The highest BCUT2D eigenvalue weighted by Crippen LogP contribution is 2.35. The van der Waals surface area contributed by atoms with E-state index in [2.05, 4.69) is 0 Å². The number of carbonyl (C=O) groups is 3. The van der Waals surface area contributed by atoms with E-state index >= 15 is 0 Å². The van der Waals surface area contributed by atoms with Gasteiger partial charge in [0.15, 0.2) is 0 Å². The fraction of sp³-hybridized carbons (Fsp3) is 0.125. The number of carboxylic acid groups (broad SMARTS) is 1. The molecule has 1 aliphatic heterocycles. The molecule has 1 aliphatic rings. The molecule has 1 fully saturated rings. The number of benzene rings is 2. The van der Waals surface area contributed by atoms with E-state index in [1.54, 1.807) is 18.2 Å². The van der Waals surface area contributed by atoms with Gasteiger partial charge in [-0.1, -0.05) is 17.7 Å². The number of hydrogen-bond acceptors (Lipinski definition) is 4. The van der Waals surface area contributed by atoms with Crippen LogP contribution in [0, 0.1) is 19.7 Å². The minimum absolute atomic E-state index is 0.0886. The fourth-order valence-electron chi connectivity index (χ4n) is 3.70. The molecular formula is C24H18ClFN2O4S. The number of aromatic carboxylic acids is 1. The quantitative estimate of drug-likeness (QED) is 0.461. The zero-order valence-electron chi connectivity index (χ0n) is 17.6. The highest BCUT2D eigenvalue weighted by atomic mass is 35.5. The monoisotopic (exact) mass is 484 g/mol. The number of halogens is 2. The summed E-state index contributed by atoms with van der Waals surface area (Å²) in [4.78, 5) is 37.7. The van der Waals surface area contributed by atoms with Crippen molar-refractivity contribution in [2.45, 2.75) is 20.4 Å². The lowest BCUT2D eigenvalue weighted by Crippen LogP contribution is -2.28. The number of aromatic nitrogens is 1. The molecular weight excluding hydrogens is 467 g/mol. The first-order valence-electron chi connectivity index (χ1n) is 9.88. The number of aryl methyl sites for hydroxylation is 1. The van der Waals surface area contributed by atoms with E-state index in [0.717, 1.165) is 39.3 Å². The van der Waals surface area contributed by atoms with Gasteiger partial charge in [-0.25, -0.2) is 9.18 Å². The van der Waals surface area contributed by atoms with Crippen molar-refractivity contribution in [2.24, 2.45) is 0 Å².